The second kappa shape index (κ2) is 7.33. The monoisotopic (exact) mass is 373 g/mol. The van der Waals surface area contributed by atoms with Crippen LogP contribution in [0.2, 0.25) is 0 Å². The lowest BCUT2D eigenvalue weighted by atomic mass is 10.2. The lowest BCUT2D eigenvalue weighted by molar-refractivity contribution is 0.550. The first-order chi connectivity index (χ1) is 12.9. The molecule has 0 unspecified atom stereocenters. The van der Waals surface area contributed by atoms with Crippen LogP contribution in [0, 0.1) is 28.8 Å². The molecule has 0 aromatic carbocycles. The molecular formula is C17H14F3N7. The molecule has 0 bridgehead atoms. The van der Waals surface area contributed by atoms with Crippen LogP contribution in [-0.4, -0.2) is 19.5 Å². The molecule has 2 N–H and O–H groups in total. The van der Waals surface area contributed by atoms with Gasteiger partial charge < -0.3 is 15.2 Å². The third-order valence-electron chi connectivity index (χ3n) is 3.65. The van der Waals surface area contributed by atoms with Gasteiger partial charge in [-0.2, -0.15) is 5.26 Å². The molecular weight excluding hydrogens is 359 g/mol. The molecule has 0 fully saturated rings. The number of halogens is 3. The van der Waals surface area contributed by atoms with E-state index < -0.39 is 23.5 Å². The molecule has 0 aliphatic carbocycles. The van der Waals surface area contributed by atoms with Crippen LogP contribution in [0.5, 0.6) is 0 Å². The number of hydrogen-bond donors (Lipinski definition) is 2. The summed E-state index contributed by atoms with van der Waals surface area (Å²) in [6, 6.07) is 2.78. The molecule has 27 heavy (non-hydrogen) atoms. The summed E-state index contributed by atoms with van der Waals surface area (Å²) in [5.74, 6) is -2.17. The Morgan fingerprint density at radius 1 is 1.15 bits per heavy atom. The standard InChI is InChI=1S/C17H14F3N7/c1-9(15-12(19)4-11(18)6-22-15)24-16-10(5-21)3-13(20)17(26-16)25-14-7-27(2)8-23-14/h3-4,6-9H,1-2H3,(H2,24,25,26)/t9-/m1/s1. The Hall–Kier alpha value is -3.61. The summed E-state index contributed by atoms with van der Waals surface area (Å²) in [5.41, 5.74) is -0.140. The van der Waals surface area contributed by atoms with Crippen LogP contribution in [0.3, 0.4) is 0 Å². The van der Waals surface area contributed by atoms with Crippen molar-refractivity contribution in [2.45, 2.75) is 13.0 Å². The zero-order valence-corrected chi connectivity index (χ0v) is 14.3. The van der Waals surface area contributed by atoms with Crippen molar-refractivity contribution in [1.29, 1.82) is 5.26 Å². The molecule has 3 rings (SSSR count). The number of rotatable bonds is 5. The van der Waals surface area contributed by atoms with Crippen LogP contribution < -0.4 is 10.6 Å². The summed E-state index contributed by atoms with van der Waals surface area (Å²) in [7, 11) is 1.75. The van der Waals surface area contributed by atoms with Gasteiger partial charge >= 0.3 is 0 Å². The van der Waals surface area contributed by atoms with E-state index in [1.807, 2.05) is 6.07 Å². The van der Waals surface area contributed by atoms with E-state index in [1.165, 1.54) is 6.33 Å². The van der Waals surface area contributed by atoms with E-state index in [4.69, 9.17) is 0 Å². The molecule has 3 aromatic heterocycles. The number of hydrogen-bond acceptors (Lipinski definition) is 6. The van der Waals surface area contributed by atoms with Gasteiger partial charge in [0.25, 0.3) is 0 Å². The number of aryl methyl sites for hydroxylation is 1. The van der Waals surface area contributed by atoms with E-state index in [-0.39, 0.29) is 22.9 Å². The predicted molar refractivity (Wildman–Crippen MR) is 91.6 cm³/mol. The minimum Gasteiger partial charge on any atom is -0.361 e. The smallest absolute Gasteiger partial charge is 0.170 e. The SMILES string of the molecule is C[C@@H](Nc1nc(Nc2cn(C)cn2)c(F)cc1C#N)c1ncc(F)cc1F. The zero-order valence-electron chi connectivity index (χ0n) is 14.3. The van der Waals surface area contributed by atoms with E-state index in [9.17, 15) is 18.4 Å². The number of aromatic nitrogens is 4. The van der Waals surface area contributed by atoms with Crippen LogP contribution >= 0.6 is 0 Å². The normalized spacial score (nSPS) is 11.7. The summed E-state index contributed by atoms with van der Waals surface area (Å²) in [6.07, 6.45) is 4.02. The number of nitriles is 1. The highest BCUT2D eigenvalue weighted by Crippen LogP contribution is 2.26. The molecule has 7 nitrogen and oxygen atoms in total. The summed E-state index contributed by atoms with van der Waals surface area (Å²) >= 11 is 0. The topological polar surface area (TPSA) is 91.5 Å². The Bertz CT molecular complexity index is 1030. The molecule has 0 saturated carbocycles. The molecule has 0 spiro atoms. The highest BCUT2D eigenvalue weighted by atomic mass is 19.1. The number of pyridine rings is 2. The van der Waals surface area contributed by atoms with E-state index in [0.29, 0.717) is 11.9 Å². The van der Waals surface area contributed by atoms with Gasteiger partial charge in [-0.05, 0) is 13.0 Å². The van der Waals surface area contributed by atoms with Gasteiger partial charge in [-0.15, -0.1) is 0 Å². The van der Waals surface area contributed by atoms with Crippen molar-refractivity contribution in [3.05, 3.63) is 59.6 Å². The van der Waals surface area contributed by atoms with Crippen molar-refractivity contribution in [1.82, 2.24) is 19.5 Å². The largest absolute Gasteiger partial charge is 0.361 e. The fourth-order valence-electron chi connectivity index (χ4n) is 2.39. The summed E-state index contributed by atoms with van der Waals surface area (Å²) < 4.78 is 42.8. The van der Waals surface area contributed by atoms with Gasteiger partial charge in [-0.25, -0.2) is 23.1 Å². The second-order valence-corrected chi connectivity index (χ2v) is 5.76. The first kappa shape index (κ1) is 18.2. The highest BCUT2D eigenvalue weighted by Gasteiger charge is 2.18. The minimum atomic E-state index is -0.845. The average molecular weight is 373 g/mol. The van der Waals surface area contributed by atoms with Crippen LogP contribution in [-0.2, 0) is 7.05 Å². The quantitative estimate of drug-likeness (QED) is 0.712. The lowest BCUT2D eigenvalue weighted by Gasteiger charge is -2.16. The van der Waals surface area contributed by atoms with Crippen molar-refractivity contribution in [2.24, 2.45) is 7.05 Å². The molecule has 0 aliphatic rings. The summed E-state index contributed by atoms with van der Waals surface area (Å²) in [4.78, 5) is 11.8. The van der Waals surface area contributed by atoms with Gasteiger partial charge in [-0.3, -0.25) is 4.98 Å². The molecule has 3 aromatic rings. The Labute approximate surface area is 152 Å². The predicted octanol–water partition coefficient (Wildman–Crippen LogP) is 3.42. The van der Waals surface area contributed by atoms with Gasteiger partial charge in [0.05, 0.1) is 29.8 Å². The maximum Gasteiger partial charge on any atom is 0.170 e. The second-order valence-electron chi connectivity index (χ2n) is 5.76. The average Bonchev–Trinajstić information content (AvgIpc) is 3.02. The highest BCUT2D eigenvalue weighted by molar-refractivity contribution is 5.61. The maximum atomic E-state index is 14.2. The molecule has 0 radical (unpaired) electrons. The van der Waals surface area contributed by atoms with Crippen molar-refractivity contribution in [3.63, 3.8) is 0 Å². The summed E-state index contributed by atoms with van der Waals surface area (Å²) in [5, 5.41) is 14.7. The number of anilines is 3. The van der Waals surface area contributed by atoms with E-state index in [0.717, 1.165) is 12.3 Å². The van der Waals surface area contributed by atoms with Gasteiger partial charge in [-0.1, -0.05) is 0 Å². The van der Waals surface area contributed by atoms with Crippen LogP contribution in [0.1, 0.15) is 24.2 Å². The van der Waals surface area contributed by atoms with Crippen molar-refractivity contribution >= 4 is 17.5 Å². The Morgan fingerprint density at radius 2 is 1.93 bits per heavy atom. The van der Waals surface area contributed by atoms with Gasteiger partial charge in [0.1, 0.15) is 29.3 Å². The fraction of sp³-hybridized carbons (Fsp3) is 0.176. The first-order valence-corrected chi connectivity index (χ1v) is 7.80. The van der Waals surface area contributed by atoms with Crippen LogP contribution in [0.15, 0.2) is 30.9 Å². The maximum absolute atomic E-state index is 14.2. The van der Waals surface area contributed by atoms with Crippen molar-refractivity contribution in [3.8, 4) is 6.07 Å². The van der Waals surface area contributed by atoms with Gasteiger partial charge in [0.15, 0.2) is 11.6 Å². The van der Waals surface area contributed by atoms with E-state index in [1.54, 1.807) is 24.7 Å². The Kier molecular flexibility index (Phi) is 4.94. The molecule has 1 atom stereocenters. The van der Waals surface area contributed by atoms with Crippen molar-refractivity contribution in [2.75, 3.05) is 10.6 Å². The molecule has 138 valence electrons. The van der Waals surface area contributed by atoms with E-state index in [2.05, 4.69) is 25.6 Å². The van der Waals surface area contributed by atoms with Crippen molar-refractivity contribution < 1.29 is 13.2 Å². The van der Waals surface area contributed by atoms with Gasteiger partial charge in [0, 0.05) is 19.3 Å². The molecule has 3 heterocycles. The first-order valence-electron chi connectivity index (χ1n) is 7.80. The third-order valence-corrected chi connectivity index (χ3v) is 3.65. The third kappa shape index (κ3) is 3.98. The number of nitrogens with zero attached hydrogens (tertiary/aromatic N) is 5. The van der Waals surface area contributed by atoms with Gasteiger partial charge in [0.2, 0.25) is 0 Å². The molecule has 0 saturated heterocycles. The van der Waals surface area contributed by atoms with Crippen LogP contribution in [0.25, 0.3) is 0 Å². The lowest BCUT2D eigenvalue weighted by Crippen LogP contribution is -2.14. The molecule has 10 heteroatoms. The Morgan fingerprint density at radius 3 is 2.56 bits per heavy atom. The molecule has 0 aliphatic heterocycles. The van der Waals surface area contributed by atoms with E-state index >= 15 is 0 Å². The fourth-order valence-corrected chi connectivity index (χ4v) is 2.39. The zero-order chi connectivity index (χ0) is 19.6. The molecule has 0 amide bonds. The van der Waals surface area contributed by atoms with Crippen LogP contribution in [0.4, 0.5) is 30.6 Å². The minimum absolute atomic E-state index is 0.0235. The summed E-state index contributed by atoms with van der Waals surface area (Å²) in [6.45, 7) is 1.56. The number of nitrogens with one attached hydrogen (secondary N) is 2. The Balaban J connectivity index is 1.91. The number of imidazole rings is 1.